The molecule has 0 atom stereocenters. The van der Waals surface area contributed by atoms with Crippen molar-refractivity contribution in [3.8, 4) is 5.75 Å². The summed E-state index contributed by atoms with van der Waals surface area (Å²) >= 11 is 0. The van der Waals surface area contributed by atoms with Crippen LogP contribution in [-0.2, 0) is 4.74 Å². The van der Waals surface area contributed by atoms with E-state index in [2.05, 4.69) is 6.58 Å². The molecule has 0 bridgehead atoms. The van der Waals surface area contributed by atoms with E-state index in [9.17, 15) is 5.11 Å². The van der Waals surface area contributed by atoms with Gasteiger partial charge in [0.05, 0.1) is 6.61 Å². The topological polar surface area (TPSA) is 29.5 Å². The predicted molar refractivity (Wildman–Crippen MR) is 49.0 cm³/mol. The lowest BCUT2D eigenvalue weighted by Crippen LogP contribution is -1.92. The molecule has 0 fully saturated rings. The molecule has 1 aromatic carbocycles. The molecule has 0 radical (unpaired) electrons. The lowest BCUT2D eigenvalue weighted by molar-refractivity contribution is 0.239. The summed E-state index contributed by atoms with van der Waals surface area (Å²) < 4.78 is 4.90. The molecule has 0 saturated carbocycles. The zero-order valence-electron chi connectivity index (χ0n) is 7.08. The largest absolute Gasteiger partial charge is 0.507 e. The van der Waals surface area contributed by atoms with E-state index in [0.29, 0.717) is 6.61 Å². The standard InChI is InChI=1S/C10H12O2/c1-8(7-12-2)9-5-3-4-6-10(9)11/h3-6,11H,1,7H2,2H3. The van der Waals surface area contributed by atoms with Crippen LogP contribution in [0, 0.1) is 0 Å². The van der Waals surface area contributed by atoms with Gasteiger partial charge in [-0.05, 0) is 11.6 Å². The third-order valence-electron chi connectivity index (χ3n) is 1.60. The minimum atomic E-state index is 0.250. The summed E-state index contributed by atoms with van der Waals surface area (Å²) in [5.41, 5.74) is 1.54. The number of ether oxygens (including phenoxy) is 1. The summed E-state index contributed by atoms with van der Waals surface area (Å²) in [5, 5.41) is 9.39. The van der Waals surface area contributed by atoms with Crippen LogP contribution in [0.15, 0.2) is 30.8 Å². The fourth-order valence-corrected chi connectivity index (χ4v) is 1.02. The van der Waals surface area contributed by atoms with Gasteiger partial charge in [-0.3, -0.25) is 0 Å². The first-order valence-electron chi connectivity index (χ1n) is 3.70. The molecule has 1 N–H and O–H groups in total. The number of phenolic OH excluding ortho intramolecular Hbond substituents is 1. The van der Waals surface area contributed by atoms with Crippen LogP contribution in [0.25, 0.3) is 5.57 Å². The van der Waals surface area contributed by atoms with Crippen molar-refractivity contribution in [3.05, 3.63) is 36.4 Å². The molecule has 2 heteroatoms. The quantitative estimate of drug-likeness (QED) is 0.740. The number of benzene rings is 1. The SMILES string of the molecule is C=C(COC)c1ccccc1O. The smallest absolute Gasteiger partial charge is 0.123 e. The molecule has 12 heavy (non-hydrogen) atoms. The Kier molecular flexibility index (Phi) is 2.88. The second-order valence-corrected chi connectivity index (χ2v) is 2.55. The Bertz CT molecular complexity index is 279. The van der Waals surface area contributed by atoms with Gasteiger partial charge in [0.2, 0.25) is 0 Å². The normalized spacial score (nSPS) is 9.75. The van der Waals surface area contributed by atoms with Crippen LogP contribution in [0.2, 0.25) is 0 Å². The molecule has 1 aromatic rings. The molecule has 0 spiro atoms. The number of rotatable bonds is 3. The Morgan fingerprint density at radius 2 is 2.17 bits per heavy atom. The van der Waals surface area contributed by atoms with Gasteiger partial charge in [-0.15, -0.1) is 0 Å². The summed E-state index contributed by atoms with van der Waals surface area (Å²) in [6.07, 6.45) is 0. The first kappa shape index (κ1) is 8.81. The average molecular weight is 164 g/mol. The summed E-state index contributed by atoms with van der Waals surface area (Å²) in [6, 6.07) is 7.08. The molecule has 0 aromatic heterocycles. The van der Waals surface area contributed by atoms with E-state index >= 15 is 0 Å². The van der Waals surface area contributed by atoms with Gasteiger partial charge >= 0.3 is 0 Å². The zero-order chi connectivity index (χ0) is 8.97. The maximum absolute atomic E-state index is 9.39. The molecule has 0 unspecified atom stereocenters. The van der Waals surface area contributed by atoms with E-state index in [1.165, 1.54) is 0 Å². The Morgan fingerprint density at radius 3 is 2.75 bits per heavy atom. The van der Waals surface area contributed by atoms with Crippen molar-refractivity contribution in [2.75, 3.05) is 13.7 Å². The van der Waals surface area contributed by atoms with Crippen LogP contribution in [0.4, 0.5) is 0 Å². The van der Waals surface area contributed by atoms with E-state index in [0.717, 1.165) is 11.1 Å². The monoisotopic (exact) mass is 164 g/mol. The van der Waals surface area contributed by atoms with Gasteiger partial charge < -0.3 is 9.84 Å². The number of para-hydroxylation sites is 1. The Labute approximate surface area is 72.1 Å². The van der Waals surface area contributed by atoms with Gasteiger partial charge in [0, 0.05) is 12.7 Å². The van der Waals surface area contributed by atoms with Crippen LogP contribution in [0.5, 0.6) is 5.75 Å². The van der Waals surface area contributed by atoms with E-state index in [1.54, 1.807) is 19.2 Å². The highest BCUT2D eigenvalue weighted by Gasteiger charge is 2.02. The summed E-state index contributed by atoms with van der Waals surface area (Å²) in [5.74, 6) is 0.250. The third kappa shape index (κ3) is 1.86. The van der Waals surface area contributed by atoms with Crippen LogP contribution in [0.1, 0.15) is 5.56 Å². The van der Waals surface area contributed by atoms with Crippen molar-refractivity contribution in [2.24, 2.45) is 0 Å². The molecular formula is C10H12O2. The van der Waals surface area contributed by atoms with Crippen molar-refractivity contribution in [1.82, 2.24) is 0 Å². The van der Waals surface area contributed by atoms with Gasteiger partial charge in [-0.1, -0.05) is 24.8 Å². The van der Waals surface area contributed by atoms with E-state index < -0.39 is 0 Å². The van der Waals surface area contributed by atoms with Crippen molar-refractivity contribution in [1.29, 1.82) is 0 Å². The van der Waals surface area contributed by atoms with Crippen LogP contribution in [0.3, 0.4) is 0 Å². The maximum atomic E-state index is 9.39. The highest BCUT2D eigenvalue weighted by molar-refractivity contribution is 5.68. The average Bonchev–Trinajstić information content (AvgIpc) is 2.05. The molecule has 0 heterocycles. The second kappa shape index (κ2) is 3.93. The van der Waals surface area contributed by atoms with Crippen molar-refractivity contribution < 1.29 is 9.84 Å². The molecular weight excluding hydrogens is 152 g/mol. The first-order chi connectivity index (χ1) is 5.75. The number of hydrogen-bond donors (Lipinski definition) is 1. The lowest BCUT2D eigenvalue weighted by Gasteiger charge is -2.05. The zero-order valence-corrected chi connectivity index (χ0v) is 7.08. The maximum Gasteiger partial charge on any atom is 0.123 e. The fourth-order valence-electron chi connectivity index (χ4n) is 1.02. The van der Waals surface area contributed by atoms with Gasteiger partial charge in [-0.2, -0.15) is 0 Å². The van der Waals surface area contributed by atoms with Crippen molar-refractivity contribution in [2.45, 2.75) is 0 Å². The summed E-state index contributed by atoms with van der Waals surface area (Å²) in [6.45, 7) is 4.23. The Balaban J connectivity index is 2.87. The summed E-state index contributed by atoms with van der Waals surface area (Å²) in [4.78, 5) is 0. The Morgan fingerprint density at radius 1 is 1.50 bits per heavy atom. The highest BCUT2D eigenvalue weighted by Crippen LogP contribution is 2.22. The first-order valence-corrected chi connectivity index (χ1v) is 3.70. The van der Waals surface area contributed by atoms with Crippen molar-refractivity contribution in [3.63, 3.8) is 0 Å². The molecule has 0 aliphatic carbocycles. The number of hydrogen-bond acceptors (Lipinski definition) is 2. The van der Waals surface area contributed by atoms with E-state index in [-0.39, 0.29) is 5.75 Å². The number of phenols is 1. The second-order valence-electron chi connectivity index (χ2n) is 2.55. The Hall–Kier alpha value is -1.28. The highest BCUT2D eigenvalue weighted by atomic mass is 16.5. The van der Waals surface area contributed by atoms with E-state index in [1.807, 2.05) is 12.1 Å². The molecule has 2 nitrogen and oxygen atoms in total. The van der Waals surface area contributed by atoms with Crippen LogP contribution < -0.4 is 0 Å². The minimum Gasteiger partial charge on any atom is -0.507 e. The molecule has 0 amide bonds. The summed E-state index contributed by atoms with van der Waals surface area (Å²) in [7, 11) is 1.60. The number of aromatic hydroxyl groups is 1. The van der Waals surface area contributed by atoms with Crippen LogP contribution >= 0.6 is 0 Å². The minimum absolute atomic E-state index is 0.250. The fraction of sp³-hybridized carbons (Fsp3) is 0.200. The lowest BCUT2D eigenvalue weighted by atomic mass is 10.1. The third-order valence-corrected chi connectivity index (χ3v) is 1.60. The van der Waals surface area contributed by atoms with Gasteiger partial charge in [0.15, 0.2) is 0 Å². The van der Waals surface area contributed by atoms with Gasteiger partial charge in [0.25, 0.3) is 0 Å². The molecule has 1 rings (SSSR count). The predicted octanol–water partition coefficient (Wildman–Crippen LogP) is 2.05. The van der Waals surface area contributed by atoms with E-state index in [4.69, 9.17) is 4.74 Å². The number of methoxy groups -OCH3 is 1. The van der Waals surface area contributed by atoms with Crippen LogP contribution in [-0.4, -0.2) is 18.8 Å². The molecule has 0 saturated heterocycles. The molecule has 64 valence electrons. The van der Waals surface area contributed by atoms with Gasteiger partial charge in [0.1, 0.15) is 5.75 Å². The van der Waals surface area contributed by atoms with Gasteiger partial charge in [-0.25, -0.2) is 0 Å². The van der Waals surface area contributed by atoms with Crippen molar-refractivity contribution >= 4 is 5.57 Å². The molecule has 0 aliphatic rings. The molecule has 0 aliphatic heterocycles.